The molecular formula is C20H25N3O5. The van der Waals surface area contributed by atoms with E-state index in [0.717, 1.165) is 17.7 Å². The fourth-order valence-electron chi connectivity index (χ4n) is 3.88. The lowest BCUT2D eigenvalue weighted by atomic mass is 9.91. The van der Waals surface area contributed by atoms with Crippen molar-refractivity contribution < 1.29 is 23.9 Å². The van der Waals surface area contributed by atoms with E-state index in [4.69, 9.17) is 9.47 Å². The number of rotatable bonds is 3. The van der Waals surface area contributed by atoms with Crippen LogP contribution < -0.4 is 14.8 Å². The third-order valence-corrected chi connectivity index (χ3v) is 5.82. The standard InChI is InChI=1S/C20H25N3O5/c1-13-5-7-22(8-6-13)17(24)12-23-18(25)20(2,21-19(23)26)14-3-4-15-16(11-14)28-10-9-27-15/h3-4,11,13H,5-10,12H2,1-2H3,(H,21,26)/t20-/m1/s1. The summed E-state index contributed by atoms with van der Waals surface area (Å²) in [5, 5.41) is 2.74. The van der Waals surface area contributed by atoms with Gasteiger partial charge in [-0.2, -0.15) is 0 Å². The van der Waals surface area contributed by atoms with E-state index in [1.54, 1.807) is 30.0 Å². The van der Waals surface area contributed by atoms with Gasteiger partial charge in [0.1, 0.15) is 25.3 Å². The van der Waals surface area contributed by atoms with Gasteiger partial charge in [-0.15, -0.1) is 0 Å². The Bertz CT molecular complexity index is 818. The molecule has 3 aliphatic heterocycles. The number of hydrogen-bond acceptors (Lipinski definition) is 5. The van der Waals surface area contributed by atoms with Crippen LogP contribution in [0.15, 0.2) is 18.2 Å². The second kappa shape index (κ2) is 7.00. The molecule has 0 unspecified atom stereocenters. The van der Waals surface area contributed by atoms with Gasteiger partial charge in [-0.3, -0.25) is 14.5 Å². The van der Waals surface area contributed by atoms with Gasteiger partial charge < -0.3 is 19.7 Å². The maximum absolute atomic E-state index is 13.1. The first kappa shape index (κ1) is 18.6. The first-order chi connectivity index (χ1) is 13.4. The van der Waals surface area contributed by atoms with E-state index in [9.17, 15) is 14.4 Å². The molecule has 1 N–H and O–H groups in total. The molecule has 4 amide bonds. The van der Waals surface area contributed by atoms with E-state index in [-0.39, 0.29) is 12.5 Å². The van der Waals surface area contributed by atoms with Crippen molar-refractivity contribution in [3.05, 3.63) is 23.8 Å². The second-order valence-corrected chi connectivity index (χ2v) is 7.87. The van der Waals surface area contributed by atoms with Gasteiger partial charge in [0, 0.05) is 13.1 Å². The van der Waals surface area contributed by atoms with Gasteiger partial charge in [0.2, 0.25) is 5.91 Å². The number of imide groups is 1. The first-order valence-electron chi connectivity index (χ1n) is 9.70. The number of hydrogen-bond donors (Lipinski definition) is 1. The Morgan fingerprint density at radius 3 is 2.57 bits per heavy atom. The number of piperidine rings is 1. The molecule has 2 fully saturated rings. The molecule has 28 heavy (non-hydrogen) atoms. The summed E-state index contributed by atoms with van der Waals surface area (Å²) in [5.74, 6) is 1.12. The number of nitrogens with one attached hydrogen (secondary N) is 1. The summed E-state index contributed by atoms with van der Waals surface area (Å²) in [4.78, 5) is 40.9. The van der Waals surface area contributed by atoms with Crippen molar-refractivity contribution in [1.82, 2.24) is 15.1 Å². The van der Waals surface area contributed by atoms with E-state index in [2.05, 4.69) is 12.2 Å². The summed E-state index contributed by atoms with van der Waals surface area (Å²) in [6, 6.07) is 4.63. The Morgan fingerprint density at radius 1 is 1.18 bits per heavy atom. The number of likely N-dealkylation sites (tertiary alicyclic amines) is 1. The number of amides is 4. The van der Waals surface area contributed by atoms with E-state index in [1.165, 1.54) is 0 Å². The first-order valence-corrected chi connectivity index (χ1v) is 9.70. The van der Waals surface area contributed by atoms with Crippen LogP contribution in [0.3, 0.4) is 0 Å². The van der Waals surface area contributed by atoms with Crippen molar-refractivity contribution >= 4 is 17.8 Å². The highest BCUT2D eigenvalue weighted by Gasteiger charge is 2.50. The molecule has 150 valence electrons. The van der Waals surface area contributed by atoms with Crippen LogP contribution in [0, 0.1) is 5.92 Å². The summed E-state index contributed by atoms with van der Waals surface area (Å²) in [5.41, 5.74) is -0.652. The van der Waals surface area contributed by atoms with Crippen LogP contribution in [0.25, 0.3) is 0 Å². The van der Waals surface area contributed by atoms with Gasteiger partial charge in [0.25, 0.3) is 5.91 Å². The average Bonchev–Trinajstić information content (AvgIpc) is 2.92. The van der Waals surface area contributed by atoms with E-state index >= 15 is 0 Å². The van der Waals surface area contributed by atoms with Gasteiger partial charge in [-0.25, -0.2) is 4.79 Å². The summed E-state index contributed by atoms with van der Waals surface area (Å²) in [7, 11) is 0. The molecule has 0 aliphatic carbocycles. The molecule has 3 aliphatic rings. The number of nitrogens with zero attached hydrogens (tertiary/aromatic N) is 2. The predicted molar refractivity (Wildman–Crippen MR) is 100 cm³/mol. The normalized spacial score (nSPS) is 25.1. The third-order valence-electron chi connectivity index (χ3n) is 5.82. The lowest BCUT2D eigenvalue weighted by Crippen LogP contribution is -2.46. The predicted octanol–water partition coefficient (Wildman–Crippen LogP) is 1.48. The van der Waals surface area contributed by atoms with Gasteiger partial charge in [-0.1, -0.05) is 13.0 Å². The molecule has 0 saturated carbocycles. The summed E-state index contributed by atoms with van der Waals surface area (Å²) < 4.78 is 11.1. The smallest absolute Gasteiger partial charge is 0.325 e. The van der Waals surface area contributed by atoms with Crippen LogP contribution in [-0.4, -0.2) is 60.5 Å². The highest BCUT2D eigenvalue weighted by molar-refractivity contribution is 6.09. The Balaban J connectivity index is 1.51. The minimum atomic E-state index is -1.25. The van der Waals surface area contributed by atoms with Gasteiger partial charge >= 0.3 is 6.03 Å². The van der Waals surface area contributed by atoms with Crippen molar-refractivity contribution in [2.24, 2.45) is 5.92 Å². The fraction of sp³-hybridized carbons (Fsp3) is 0.550. The third kappa shape index (κ3) is 3.16. The van der Waals surface area contributed by atoms with E-state index < -0.39 is 17.5 Å². The van der Waals surface area contributed by atoms with Crippen LogP contribution in [0.5, 0.6) is 11.5 Å². The number of benzene rings is 1. The van der Waals surface area contributed by atoms with Crippen molar-refractivity contribution in [2.75, 3.05) is 32.8 Å². The highest BCUT2D eigenvalue weighted by Crippen LogP contribution is 2.36. The summed E-state index contributed by atoms with van der Waals surface area (Å²) in [6.07, 6.45) is 1.89. The molecule has 1 aromatic carbocycles. The molecule has 1 aromatic rings. The number of ether oxygens (including phenoxy) is 2. The molecule has 8 nitrogen and oxygen atoms in total. The quantitative estimate of drug-likeness (QED) is 0.794. The van der Waals surface area contributed by atoms with E-state index in [1.807, 2.05) is 0 Å². The highest BCUT2D eigenvalue weighted by atomic mass is 16.6. The largest absolute Gasteiger partial charge is 0.486 e. The fourth-order valence-corrected chi connectivity index (χ4v) is 3.88. The number of fused-ring (bicyclic) bond motifs is 1. The molecule has 1 atom stereocenters. The molecule has 0 bridgehead atoms. The zero-order chi connectivity index (χ0) is 19.9. The van der Waals surface area contributed by atoms with Crippen molar-refractivity contribution in [3.63, 3.8) is 0 Å². The maximum atomic E-state index is 13.1. The number of carbonyl (C=O) groups is 3. The Hall–Kier alpha value is -2.77. The average molecular weight is 387 g/mol. The summed E-state index contributed by atoms with van der Waals surface area (Å²) in [6.45, 7) is 5.82. The van der Waals surface area contributed by atoms with Crippen LogP contribution >= 0.6 is 0 Å². The molecule has 0 aromatic heterocycles. The topological polar surface area (TPSA) is 88.2 Å². The van der Waals surface area contributed by atoms with E-state index in [0.29, 0.717) is 49.3 Å². The lowest BCUT2D eigenvalue weighted by Gasteiger charge is -2.31. The molecule has 0 radical (unpaired) electrons. The van der Waals surface area contributed by atoms with Crippen molar-refractivity contribution in [1.29, 1.82) is 0 Å². The van der Waals surface area contributed by atoms with Crippen LogP contribution in [0.4, 0.5) is 4.79 Å². The molecule has 2 saturated heterocycles. The molecule has 4 rings (SSSR count). The number of carbonyl (C=O) groups excluding carboxylic acids is 3. The minimum Gasteiger partial charge on any atom is -0.486 e. The maximum Gasteiger partial charge on any atom is 0.325 e. The van der Waals surface area contributed by atoms with Crippen LogP contribution in [0.1, 0.15) is 32.3 Å². The van der Waals surface area contributed by atoms with Crippen molar-refractivity contribution in [2.45, 2.75) is 32.2 Å². The number of urea groups is 1. The van der Waals surface area contributed by atoms with Crippen LogP contribution in [0.2, 0.25) is 0 Å². The Labute approximate surface area is 163 Å². The minimum absolute atomic E-state index is 0.193. The van der Waals surface area contributed by atoms with Gasteiger partial charge in [0.05, 0.1) is 0 Å². The van der Waals surface area contributed by atoms with Gasteiger partial charge in [0.15, 0.2) is 11.5 Å². The monoisotopic (exact) mass is 387 g/mol. The Morgan fingerprint density at radius 2 is 1.86 bits per heavy atom. The zero-order valence-corrected chi connectivity index (χ0v) is 16.2. The molecule has 3 heterocycles. The molecular weight excluding hydrogens is 362 g/mol. The molecule has 8 heteroatoms. The summed E-state index contributed by atoms with van der Waals surface area (Å²) >= 11 is 0. The zero-order valence-electron chi connectivity index (χ0n) is 16.2. The molecule has 0 spiro atoms. The van der Waals surface area contributed by atoms with Crippen molar-refractivity contribution in [3.8, 4) is 11.5 Å². The van der Waals surface area contributed by atoms with Crippen LogP contribution in [-0.2, 0) is 15.1 Å². The lowest BCUT2D eigenvalue weighted by molar-refractivity contribution is -0.139. The second-order valence-electron chi connectivity index (χ2n) is 7.87. The Kier molecular flexibility index (Phi) is 4.64. The van der Waals surface area contributed by atoms with Gasteiger partial charge in [-0.05, 0) is 43.4 Å². The SMILES string of the molecule is CC1CCN(C(=O)CN2C(=O)N[C@](C)(c3ccc4c(c3)OCCO4)C2=O)CC1.